The molecule has 1 heterocycles. The molecule has 0 aliphatic carbocycles. The number of hydrogen-bond donors (Lipinski definition) is 1. The third kappa shape index (κ3) is 2.99. The van der Waals surface area contributed by atoms with E-state index in [-0.39, 0.29) is 22.0 Å². The van der Waals surface area contributed by atoms with Gasteiger partial charge in [-0.1, -0.05) is 45.7 Å². The van der Waals surface area contributed by atoms with Crippen LogP contribution in [-0.4, -0.2) is 4.98 Å². The summed E-state index contributed by atoms with van der Waals surface area (Å²) in [6.45, 7) is 0. The van der Waals surface area contributed by atoms with Gasteiger partial charge in [-0.2, -0.15) is 5.26 Å². The Labute approximate surface area is 151 Å². The van der Waals surface area contributed by atoms with E-state index < -0.39 is 5.82 Å². The number of nitriles is 1. The lowest BCUT2D eigenvalue weighted by molar-refractivity contribution is 0.631. The van der Waals surface area contributed by atoms with Crippen LogP contribution in [0.25, 0.3) is 22.4 Å². The van der Waals surface area contributed by atoms with Crippen molar-refractivity contribution in [1.82, 2.24) is 4.98 Å². The zero-order chi connectivity index (χ0) is 17.3. The highest BCUT2D eigenvalue weighted by atomic mass is 79.9. The lowest BCUT2D eigenvalue weighted by atomic mass is 9.98. The van der Waals surface area contributed by atoms with Gasteiger partial charge in [-0.3, -0.25) is 0 Å². The molecule has 6 heteroatoms. The number of nitrogens with zero attached hydrogens (tertiary/aromatic N) is 2. The second kappa shape index (κ2) is 6.60. The van der Waals surface area contributed by atoms with E-state index in [9.17, 15) is 9.65 Å². The largest absolute Gasteiger partial charge is 0.383 e. The van der Waals surface area contributed by atoms with Gasteiger partial charge in [0.1, 0.15) is 23.3 Å². The Morgan fingerprint density at radius 1 is 1.17 bits per heavy atom. The highest BCUT2D eigenvalue weighted by Crippen LogP contribution is 2.36. The summed E-state index contributed by atoms with van der Waals surface area (Å²) in [4.78, 5) is 4.26. The van der Waals surface area contributed by atoms with Crippen molar-refractivity contribution in [2.24, 2.45) is 0 Å². The van der Waals surface area contributed by atoms with Gasteiger partial charge in [-0.05, 0) is 30.3 Å². The van der Waals surface area contributed by atoms with Crippen molar-refractivity contribution in [3.05, 3.63) is 69.4 Å². The van der Waals surface area contributed by atoms with Crippen LogP contribution in [0.4, 0.5) is 10.2 Å². The third-order valence-electron chi connectivity index (χ3n) is 3.53. The van der Waals surface area contributed by atoms with Crippen LogP contribution in [0.3, 0.4) is 0 Å². The normalized spacial score (nSPS) is 10.4. The first kappa shape index (κ1) is 16.4. The molecule has 24 heavy (non-hydrogen) atoms. The number of anilines is 1. The summed E-state index contributed by atoms with van der Waals surface area (Å²) in [7, 11) is 0. The quantitative estimate of drug-likeness (QED) is 0.622. The summed E-state index contributed by atoms with van der Waals surface area (Å²) in [5.74, 6) is -0.487. The lowest BCUT2D eigenvalue weighted by Gasteiger charge is -2.12. The highest BCUT2D eigenvalue weighted by Gasteiger charge is 2.18. The molecule has 0 aliphatic rings. The highest BCUT2D eigenvalue weighted by molar-refractivity contribution is 9.10. The molecule has 0 radical (unpaired) electrons. The second-order valence-electron chi connectivity index (χ2n) is 5.03. The summed E-state index contributed by atoms with van der Waals surface area (Å²) in [5.41, 5.74) is 7.83. The van der Waals surface area contributed by atoms with Crippen LogP contribution >= 0.6 is 27.5 Å². The first-order valence-electron chi connectivity index (χ1n) is 6.92. The van der Waals surface area contributed by atoms with Gasteiger partial charge in [-0.25, -0.2) is 9.37 Å². The summed E-state index contributed by atoms with van der Waals surface area (Å²) in [5, 5.41) is 9.61. The van der Waals surface area contributed by atoms with Crippen LogP contribution in [0.5, 0.6) is 0 Å². The fraction of sp³-hybridized carbons (Fsp3) is 0. The van der Waals surface area contributed by atoms with E-state index in [1.165, 1.54) is 12.1 Å². The van der Waals surface area contributed by atoms with Crippen molar-refractivity contribution >= 4 is 33.3 Å². The van der Waals surface area contributed by atoms with E-state index >= 15 is 0 Å². The second-order valence-corrected chi connectivity index (χ2v) is 6.35. The molecule has 3 aromatic rings. The third-order valence-corrected chi connectivity index (χ3v) is 4.37. The number of rotatable bonds is 2. The Kier molecular flexibility index (Phi) is 4.52. The predicted molar refractivity (Wildman–Crippen MR) is 96.9 cm³/mol. The van der Waals surface area contributed by atoms with Gasteiger partial charge in [0, 0.05) is 21.2 Å². The SMILES string of the molecule is N#Cc1c(-c2c(F)cccc2Cl)cc(-c2ccc(Br)cc2)nc1N. The van der Waals surface area contributed by atoms with Crippen molar-refractivity contribution in [1.29, 1.82) is 5.26 Å². The first-order chi connectivity index (χ1) is 11.5. The molecule has 0 atom stereocenters. The zero-order valence-electron chi connectivity index (χ0n) is 12.2. The molecule has 0 aliphatic heterocycles. The number of hydrogen-bond acceptors (Lipinski definition) is 3. The summed E-state index contributed by atoms with van der Waals surface area (Å²) >= 11 is 9.52. The molecule has 0 saturated carbocycles. The van der Waals surface area contributed by atoms with Gasteiger partial charge >= 0.3 is 0 Å². The monoisotopic (exact) mass is 401 g/mol. The van der Waals surface area contributed by atoms with Crippen LogP contribution in [0.1, 0.15) is 5.56 Å². The number of aromatic nitrogens is 1. The lowest BCUT2D eigenvalue weighted by Crippen LogP contribution is -2.01. The van der Waals surface area contributed by atoms with Gasteiger partial charge in [0.15, 0.2) is 0 Å². The molecule has 0 fully saturated rings. The number of benzene rings is 2. The molecule has 3 nitrogen and oxygen atoms in total. The van der Waals surface area contributed by atoms with Crippen LogP contribution in [0, 0.1) is 17.1 Å². The molecule has 1 aromatic heterocycles. The van der Waals surface area contributed by atoms with Gasteiger partial charge < -0.3 is 5.73 Å². The summed E-state index contributed by atoms with van der Waals surface area (Å²) in [6, 6.07) is 15.4. The van der Waals surface area contributed by atoms with E-state index in [1.807, 2.05) is 30.3 Å². The molecule has 0 bridgehead atoms. The van der Waals surface area contributed by atoms with E-state index in [0.717, 1.165) is 10.0 Å². The zero-order valence-corrected chi connectivity index (χ0v) is 14.6. The molecular formula is C18H10BrClFN3. The van der Waals surface area contributed by atoms with Crippen molar-refractivity contribution in [3.63, 3.8) is 0 Å². The Balaban J connectivity index is 2.29. The number of nitrogens with two attached hydrogens (primary N) is 1. The van der Waals surface area contributed by atoms with Crippen molar-refractivity contribution in [2.75, 3.05) is 5.73 Å². The van der Waals surface area contributed by atoms with E-state index in [4.69, 9.17) is 17.3 Å². The topological polar surface area (TPSA) is 62.7 Å². The Morgan fingerprint density at radius 3 is 2.50 bits per heavy atom. The average Bonchev–Trinajstić information content (AvgIpc) is 2.55. The summed E-state index contributed by atoms with van der Waals surface area (Å²) < 4.78 is 15.2. The molecule has 118 valence electrons. The Bertz CT molecular complexity index is 945. The molecule has 0 spiro atoms. The van der Waals surface area contributed by atoms with Crippen molar-refractivity contribution < 1.29 is 4.39 Å². The van der Waals surface area contributed by atoms with E-state index in [2.05, 4.69) is 20.9 Å². The van der Waals surface area contributed by atoms with E-state index in [1.54, 1.807) is 12.1 Å². The maximum absolute atomic E-state index is 14.3. The maximum atomic E-state index is 14.3. The number of halogens is 3. The molecule has 2 aromatic carbocycles. The van der Waals surface area contributed by atoms with Gasteiger partial charge in [0.25, 0.3) is 0 Å². The van der Waals surface area contributed by atoms with Crippen molar-refractivity contribution in [2.45, 2.75) is 0 Å². The van der Waals surface area contributed by atoms with Gasteiger partial charge in [0.2, 0.25) is 0 Å². The first-order valence-corrected chi connectivity index (χ1v) is 8.09. The Hall–Kier alpha value is -2.42. The molecule has 0 saturated heterocycles. The molecule has 0 unspecified atom stereocenters. The van der Waals surface area contributed by atoms with Crippen LogP contribution in [0.15, 0.2) is 53.0 Å². The fourth-order valence-corrected chi connectivity index (χ4v) is 2.93. The van der Waals surface area contributed by atoms with Crippen LogP contribution in [-0.2, 0) is 0 Å². The molecule has 0 amide bonds. The molecule has 2 N–H and O–H groups in total. The van der Waals surface area contributed by atoms with E-state index in [0.29, 0.717) is 11.3 Å². The van der Waals surface area contributed by atoms with Gasteiger partial charge in [0.05, 0.1) is 10.7 Å². The minimum absolute atomic E-state index is 0.0345. The molecular weight excluding hydrogens is 393 g/mol. The van der Waals surface area contributed by atoms with Gasteiger partial charge in [-0.15, -0.1) is 0 Å². The maximum Gasteiger partial charge on any atom is 0.142 e. The Morgan fingerprint density at radius 2 is 1.88 bits per heavy atom. The molecule has 3 rings (SSSR count). The average molecular weight is 403 g/mol. The van der Waals surface area contributed by atoms with Crippen LogP contribution in [0.2, 0.25) is 5.02 Å². The van der Waals surface area contributed by atoms with Crippen molar-refractivity contribution in [3.8, 4) is 28.5 Å². The standard InChI is InChI=1S/C18H10BrClFN3/c19-11-6-4-10(5-7-11)16-8-12(13(9-22)18(23)24-16)17-14(20)2-1-3-15(17)21/h1-8H,(H2,23,24). The number of pyridine rings is 1. The van der Waals surface area contributed by atoms with Crippen LogP contribution < -0.4 is 5.73 Å². The minimum Gasteiger partial charge on any atom is -0.383 e. The smallest absolute Gasteiger partial charge is 0.142 e. The predicted octanol–water partition coefficient (Wildman–Crippen LogP) is 5.42. The fourth-order valence-electron chi connectivity index (χ4n) is 2.40. The minimum atomic E-state index is -0.522. The number of nitrogen functional groups attached to an aromatic ring is 1. The summed E-state index contributed by atoms with van der Waals surface area (Å²) in [6.07, 6.45) is 0.